The third kappa shape index (κ3) is 3.70. The van der Waals surface area contributed by atoms with Gasteiger partial charge in [-0.25, -0.2) is 0 Å². The summed E-state index contributed by atoms with van der Waals surface area (Å²) in [5.41, 5.74) is 1.15. The van der Waals surface area contributed by atoms with Crippen LogP contribution in [0.2, 0.25) is 0 Å². The number of hydrogen-bond donors (Lipinski definition) is 2. The molecular formula is C19H27ClN2O2. The molecule has 1 atom stereocenters. The normalized spacial score (nSPS) is 25.1. The van der Waals surface area contributed by atoms with Crippen LogP contribution >= 0.6 is 12.4 Å². The number of piperidine rings is 1. The number of halogens is 1. The van der Waals surface area contributed by atoms with Crippen molar-refractivity contribution in [2.24, 2.45) is 11.3 Å². The van der Waals surface area contributed by atoms with Crippen molar-refractivity contribution in [1.82, 2.24) is 5.32 Å². The predicted octanol–water partition coefficient (Wildman–Crippen LogP) is 3.76. The summed E-state index contributed by atoms with van der Waals surface area (Å²) < 4.78 is 6.02. The smallest absolute Gasteiger partial charge is 0.228 e. The molecule has 5 heteroatoms. The number of anilines is 1. The predicted molar refractivity (Wildman–Crippen MR) is 97.8 cm³/mol. The molecule has 2 N–H and O–H groups in total. The molecular weight excluding hydrogens is 324 g/mol. The number of rotatable bonds is 4. The molecule has 2 saturated carbocycles. The number of amides is 1. The number of hydrogen-bond acceptors (Lipinski definition) is 3. The van der Waals surface area contributed by atoms with Gasteiger partial charge in [-0.15, -0.1) is 12.4 Å². The van der Waals surface area contributed by atoms with Crippen LogP contribution in [0.3, 0.4) is 0 Å². The Morgan fingerprint density at radius 1 is 1.21 bits per heavy atom. The Hall–Kier alpha value is -1.26. The molecule has 0 aromatic heterocycles. The van der Waals surface area contributed by atoms with Gasteiger partial charge in [-0.2, -0.15) is 0 Å². The second-order valence-electron chi connectivity index (χ2n) is 7.41. The lowest BCUT2D eigenvalue weighted by Crippen LogP contribution is -2.31. The van der Waals surface area contributed by atoms with Crippen LogP contribution in [0.1, 0.15) is 44.9 Å². The average Bonchev–Trinajstić information content (AvgIpc) is 3.00. The van der Waals surface area contributed by atoms with E-state index in [0.29, 0.717) is 6.10 Å². The van der Waals surface area contributed by atoms with Crippen molar-refractivity contribution in [3.63, 3.8) is 0 Å². The molecule has 4 rings (SSSR count). The largest absolute Gasteiger partial charge is 0.490 e. The first-order valence-electron chi connectivity index (χ1n) is 9.04. The van der Waals surface area contributed by atoms with Crippen LogP contribution in [0, 0.1) is 11.3 Å². The van der Waals surface area contributed by atoms with Gasteiger partial charge in [-0.1, -0.05) is 6.07 Å². The molecule has 2 aliphatic carbocycles. The molecule has 1 aromatic carbocycles. The Kier molecular flexibility index (Phi) is 5.36. The molecule has 1 amide bonds. The maximum absolute atomic E-state index is 12.5. The highest BCUT2D eigenvalue weighted by molar-refractivity contribution is 5.95. The van der Waals surface area contributed by atoms with Crippen LogP contribution < -0.4 is 15.4 Å². The number of carbonyl (C=O) groups excluding carboxylic acids is 1. The van der Waals surface area contributed by atoms with Crippen LogP contribution in [0.25, 0.3) is 0 Å². The number of carbonyl (C=O) groups is 1. The summed E-state index contributed by atoms with van der Waals surface area (Å²) in [4.78, 5) is 12.5. The van der Waals surface area contributed by atoms with Gasteiger partial charge in [-0.3, -0.25) is 4.79 Å². The van der Waals surface area contributed by atoms with Gasteiger partial charge in [0.25, 0.3) is 0 Å². The Balaban J connectivity index is 0.00000169. The summed E-state index contributed by atoms with van der Waals surface area (Å²) in [5.74, 6) is 1.26. The molecule has 132 valence electrons. The van der Waals surface area contributed by atoms with Crippen LogP contribution in [0.15, 0.2) is 24.3 Å². The van der Waals surface area contributed by atoms with Crippen molar-refractivity contribution in [3.05, 3.63) is 24.3 Å². The van der Waals surface area contributed by atoms with Gasteiger partial charge < -0.3 is 15.4 Å². The molecule has 1 unspecified atom stereocenters. The Labute approximate surface area is 150 Å². The standard InChI is InChI=1S/C19H26N2O2.ClH/c22-18(17-13-19(17)8-10-20-11-9-19)21-14-4-3-7-16(12-14)23-15-5-1-2-6-15;/h3-4,7,12,15,17,20H,1-2,5-6,8-11,13H2,(H,21,22);1H. The topological polar surface area (TPSA) is 50.4 Å². The van der Waals surface area contributed by atoms with Crippen molar-refractivity contribution < 1.29 is 9.53 Å². The van der Waals surface area contributed by atoms with E-state index in [1.54, 1.807) is 0 Å². The molecule has 3 aliphatic rings. The van der Waals surface area contributed by atoms with E-state index in [4.69, 9.17) is 4.74 Å². The Bertz CT molecular complexity index is 580. The second kappa shape index (κ2) is 7.32. The fraction of sp³-hybridized carbons (Fsp3) is 0.632. The number of benzene rings is 1. The van der Waals surface area contributed by atoms with Gasteiger partial charge in [0.15, 0.2) is 0 Å². The van der Waals surface area contributed by atoms with Gasteiger partial charge in [0.2, 0.25) is 5.91 Å². The van der Waals surface area contributed by atoms with Crippen LogP contribution in [0.5, 0.6) is 5.75 Å². The summed E-state index contributed by atoms with van der Waals surface area (Å²) in [5, 5.41) is 6.48. The Morgan fingerprint density at radius 3 is 2.71 bits per heavy atom. The van der Waals surface area contributed by atoms with Crippen molar-refractivity contribution in [1.29, 1.82) is 0 Å². The Morgan fingerprint density at radius 2 is 1.96 bits per heavy atom. The molecule has 3 fully saturated rings. The molecule has 1 aromatic rings. The van der Waals surface area contributed by atoms with E-state index in [0.717, 1.165) is 56.6 Å². The lowest BCUT2D eigenvalue weighted by molar-refractivity contribution is -0.118. The second-order valence-corrected chi connectivity index (χ2v) is 7.41. The first-order chi connectivity index (χ1) is 11.3. The summed E-state index contributed by atoms with van der Waals surface area (Å²) in [6, 6.07) is 7.87. The molecule has 24 heavy (non-hydrogen) atoms. The third-order valence-electron chi connectivity index (χ3n) is 5.81. The SMILES string of the molecule is Cl.O=C(Nc1cccc(OC2CCCC2)c1)C1CC12CCNCC2. The van der Waals surface area contributed by atoms with Gasteiger partial charge in [0.1, 0.15) is 5.75 Å². The lowest BCUT2D eigenvalue weighted by Gasteiger charge is -2.23. The summed E-state index contributed by atoms with van der Waals surface area (Å²) in [7, 11) is 0. The van der Waals surface area contributed by atoms with Crippen LogP contribution in [0.4, 0.5) is 5.69 Å². The first kappa shape index (κ1) is 17.6. The summed E-state index contributed by atoms with van der Waals surface area (Å²) in [6.45, 7) is 2.10. The summed E-state index contributed by atoms with van der Waals surface area (Å²) >= 11 is 0. The molecule has 0 radical (unpaired) electrons. The molecule has 1 heterocycles. The molecule has 1 aliphatic heterocycles. The van der Waals surface area contributed by atoms with E-state index < -0.39 is 0 Å². The maximum Gasteiger partial charge on any atom is 0.228 e. The van der Waals surface area contributed by atoms with Gasteiger partial charge in [-0.05, 0) is 75.6 Å². The average molecular weight is 351 g/mol. The zero-order chi connectivity index (χ0) is 15.7. The monoisotopic (exact) mass is 350 g/mol. The highest BCUT2D eigenvalue weighted by atomic mass is 35.5. The molecule has 1 saturated heterocycles. The highest BCUT2D eigenvalue weighted by Gasteiger charge is 2.57. The molecule has 4 nitrogen and oxygen atoms in total. The van der Waals surface area contributed by atoms with Crippen LogP contribution in [-0.4, -0.2) is 25.1 Å². The minimum absolute atomic E-state index is 0. The third-order valence-corrected chi connectivity index (χ3v) is 5.81. The number of nitrogens with one attached hydrogen (secondary N) is 2. The summed E-state index contributed by atoms with van der Waals surface area (Å²) in [6.07, 6.45) is 8.50. The zero-order valence-corrected chi connectivity index (χ0v) is 14.9. The van der Waals surface area contributed by atoms with Gasteiger partial charge >= 0.3 is 0 Å². The zero-order valence-electron chi connectivity index (χ0n) is 14.1. The van der Waals surface area contributed by atoms with Crippen molar-refractivity contribution in [2.45, 2.75) is 51.0 Å². The molecule has 0 bridgehead atoms. The van der Waals surface area contributed by atoms with Gasteiger partial charge in [0.05, 0.1) is 6.10 Å². The first-order valence-corrected chi connectivity index (χ1v) is 9.04. The molecule has 1 spiro atoms. The van der Waals surface area contributed by atoms with Gasteiger partial charge in [0, 0.05) is 17.7 Å². The van der Waals surface area contributed by atoms with Crippen LogP contribution in [-0.2, 0) is 4.79 Å². The van der Waals surface area contributed by atoms with E-state index in [-0.39, 0.29) is 29.6 Å². The maximum atomic E-state index is 12.5. The quantitative estimate of drug-likeness (QED) is 0.869. The van der Waals surface area contributed by atoms with E-state index in [9.17, 15) is 4.79 Å². The van der Waals surface area contributed by atoms with E-state index in [1.165, 1.54) is 12.8 Å². The lowest BCUT2D eigenvalue weighted by atomic mass is 9.92. The van der Waals surface area contributed by atoms with E-state index >= 15 is 0 Å². The highest BCUT2D eigenvalue weighted by Crippen LogP contribution is 2.58. The minimum Gasteiger partial charge on any atom is -0.490 e. The minimum atomic E-state index is 0. The van der Waals surface area contributed by atoms with E-state index in [2.05, 4.69) is 10.6 Å². The number of ether oxygens (including phenoxy) is 1. The van der Waals surface area contributed by atoms with Crippen molar-refractivity contribution in [2.75, 3.05) is 18.4 Å². The fourth-order valence-corrected chi connectivity index (χ4v) is 4.27. The fourth-order valence-electron chi connectivity index (χ4n) is 4.27. The van der Waals surface area contributed by atoms with Crippen molar-refractivity contribution in [3.8, 4) is 5.75 Å². The van der Waals surface area contributed by atoms with E-state index in [1.807, 2.05) is 24.3 Å². The van der Waals surface area contributed by atoms with Crippen molar-refractivity contribution >= 4 is 24.0 Å².